The summed E-state index contributed by atoms with van der Waals surface area (Å²) in [6.45, 7) is 3.46. The molecule has 0 aromatic heterocycles. The van der Waals surface area contributed by atoms with Crippen molar-refractivity contribution in [1.29, 1.82) is 0 Å². The van der Waals surface area contributed by atoms with Gasteiger partial charge in [-0.15, -0.1) is 0 Å². The number of para-hydroxylation sites is 1. The molecule has 0 bridgehead atoms. The van der Waals surface area contributed by atoms with Crippen molar-refractivity contribution in [2.24, 2.45) is 0 Å². The Morgan fingerprint density at radius 3 is 2.10 bits per heavy atom. The second kappa shape index (κ2) is 7.27. The van der Waals surface area contributed by atoms with Crippen LogP contribution in [0, 0.1) is 0 Å². The van der Waals surface area contributed by atoms with Gasteiger partial charge in [-0.1, -0.05) is 48.5 Å². The van der Waals surface area contributed by atoms with Crippen LogP contribution in [0.1, 0.15) is 18.4 Å². The first kappa shape index (κ1) is 14.9. The molecule has 1 aliphatic rings. The van der Waals surface area contributed by atoms with Crippen LogP contribution in [0.15, 0.2) is 60.7 Å². The predicted octanol–water partition coefficient (Wildman–Crippen LogP) is 4.51. The summed E-state index contributed by atoms with van der Waals surface area (Å²) in [5.74, 6) is 0. The number of likely N-dealkylation sites (tertiary alicyclic amines) is 1. The van der Waals surface area contributed by atoms with E-state index < -0.39 is 0 Å². The molecule has 1 fully saturated rings. The van der Waals surface area contributed by atoms with Crippen molar-refractivity contribution in [2.75, 3.05) is 16.2 Å². The maximum absolute atomic E-state index is 2.57. The highest BCUT2D eigenvalue weighted by Gasteiger charge is 2.23. The first-order valence-corrected chi connectivity index (χ1v) is 8.56. The Morgan fingerprint density at radius 2 is 1.48 bits per heavy atom. The molecule has 1 saturated heterocycles. The van der Waals surface area contributed by atoms with Crippen molar-refractivity contribution in [3.05, 3.63) is 66.2 Å². The minimum atomic E-state index is 0.653. The molecule has 0 N–H and O–H groups in total. The van der Waals surface area contributed by atoms with E-state index in [1.807, 2.05) is 0 Å². The SMILES string of the molecule is IN(c1ccccc1)C1CCN(Cc2ccccc2)CC1. The lowest BCUT2D eigenvalue weighted by molar-refractivity contribution is 0.208. The summed E-state index contributed by atoms with van der Waals surface area (Å²) in [5, 5.41) is 0. The third-order valence-corrected chi connectivity index (χ3v) is 5.47. The number of anilines is 1. The molecular weight excluding hydrogens is 371 g/mol. The van der Waals surface area contributed by atoms with E-state index in [0.717, 1.165) is 6.54 Å². The van der Waals surface area contributed by atoms with Gasteiger partial charge in [-0.3, -0.25) is 4.90 Å². The summed E-state index contributed by atoms with van der Waals surface area (Å²) in [5.41, 5.74) is 2.74. The minimum absolute atomic E-state index is 0.653. The van der Waals surface area contributed by atoms with Crippen LogP contribution < -0.4 is 3.11 Å². The van der Waals surface area contributed by atoms with Gasteiger partial charge in [-0.05, 0) is 30.5 Å². The van der Waals surface area contributed by atoms with Gasteiger partial charge in [0.25, 0.3) is 0 Å². The third-order valence-electron chi connectivity index (χ3n) is 4.13. The largest absolute Gasteiger partial charge is 0.312 e. The van der Waals surface area contributed by atoms with Crippen molar-refractivity contribution >= 4 is 28.6 Å². The van der Waals surface area contributed by atoms with E-state index in [4.69, 9.17) is 0 Å². The van der Waals surface area contributed by atoms with Crippen molar-refractivity contribution in [3.63, 3.8) is 0 Å². The topological polar surface area (TPSA) is 6.48 Å². The Hall–Kier alpha value is -1.07. The molecule has 0 unspecified atom stereocenters. The summed E-state index contributed by atoms with van der Waals surface area (Å²) >= 11 is 2.47. The lowest BCUT2D eigenvalue weighted by Crippen LogP contribution is -2.41. The summed E-state index contributed by atoms with van der Waals surface area (Å²) < 4.78 is 2.41. The van der Waals surface area contributed by atoms with Crippen molar-refractivity contribution in [2.45, 2.75) is 25.4 Å². The van der Waals surface area contributed by atoms with Crippen LogP contribution in [-0.2, 0) is 6.54 Å². The summed E-state index contributed by atoms with van der Waals surface area (Å²) in [4.78, 5) is 2.57. The molecule has 1 heterocycles. The van der Waals surface area contributed by atoms with E-state index in [1.165, 1.54) is 37.2 Å². The molecule has 3 rings (SSSR count). The Morgan fingerprint density at radius 1 is 0.905 bits per heavy atom. The molecule has 3 heteroatoms. The van der Waals surface area contributed by atoms with Crippen LogP contribution in [0.4, 0.5) is 5.69 Å². The fraction of sp³-hybridized carbons (Fsp3) is 0.333. The Kier molecular flexibility index (Phi) is 5.14. The summed E-state index contributed by atoms with van der Waals surface area (Å²) in [6.07, 6.45) is 2.48. The van der Waals surface area contributed by atoms with E-state index in [1.54, 1.807) is 0 Å². The number of benzene rings is 2. The molecule has 0 amide bonds. The highest BCUT2D eigenvalue weighted by molar-refractivity contribution is 14.1. The van der Waals surface area contributed by atoms with Gasteiger partial charge in [0.05, 0.1) is 22.9 Å². The number of hydrogen-bond acceptors (Lipinski definition) is 2. The first-order chi connectivity index (χ1) is 10.3. The smallest absolute Gasteiger partial charge is 0.0594 e. The maximum Gasteiger partial charge on any atom is 0.0594 e. The Bertz CT molecular complexity index is 536. The van der Waals surface area contributed by atoms with E-state index in [0.29, 0.717) is 6.04 Å². The number of nitrogens with zero attached hydrogens (tertiary/aromatic N) is 2. The average molecular weight is 392 g/mol. The highest BCUT2D eigenvalue weighted by Crippen LogP contribution is 2.27. The fourth-order valence-corrected chi connectivity index (χ4v) is 3.81. The van der Waals surface area contributed by atoms with Gasteiger partial charge < -0.3 is 3.11 Å². The molecule has 0 radical (unpaired) electrons. The molecule has 2 nitrogen and oxygen atoms in total. The van der Waals surface area contributed by atoms with Crippen LogP contribution in [0.5, 0.6) is 0 Å². The van der Waals surface area contributed by atoms with Crippen molar-refractivity contribution < 1.29 is 0 Å². The number of hydrogen-bond donors (Lipinski definition) is 0. The Balaban J connectivity index is 1.53. The molecule has 2 aromatic rings. The molecule has 1 aliphatic heterocycles. The third kappa shape index (κ3) is 3.98. The molecule has 0 spiro atoms. The molecule has 2 aromatic carbocycles. The number of rotatable bonds is 4. The molecule has 0 saturated carbocycles. The maximum atomic E-state index is 2.57. The monoisotopic (exact) mass is 392 g/mol. The fourth-order valence-electron chi connectivity index (χ4n) is 2.93. The minimum Gasteiger partial charge on any atom is -0.312 e. The first-order valence-electron chi connectivity index (χ1n) is 7.59. The highest BCUT2D eigenvalue weighted by atomic mass is 127. The van der Waals surface area contributed by atoms with Gasteiger partial charge in [-0.25, -0.2) is 0 Å². The second-order valence-electron chi connectivity index (χ2n) is 5.64. The molecule has 0 atom stereocenters. The van der Waals surface area contributed by atoms with Crippen molar-refractivity contribution in [3.8, 4) is 0 Å². The summed E-state index contributed by atoms with van der Waals surface area (Å²) in [7, 11) is 0. The number of halogens is 1. The van der Waals surface area contributed by atoms with E-state index in [2.05, 4.69) is 91.5 Å². The van der Waals surface area contributed by atoms with E-state index >= 15 is 0 Å². The quantitative estimate of drug-likeness (QED) is 0.558. The number of piperidine rings is 1. The van der Waals surface area contributed by atoms with Crippen LogP contribution in [-0.4, -0.2) is 24.0 Å². The van der Waals surface area contributed by atoms with Crippen molar-refractivity contribution in [1.82, 2.24) is 4.90 Å². The zero-order valence-corrected chi connectivity index (χ0v) is 14.3. The van der Waals surface area contributed by atoms with E-state index in [-0.39, 0.29) is 0 Å². The van der Waals surface area contributed by atoms with Gasteiger partial charge in [-0.2, -0.15) is 0 Å². The molecular formula is C18H21IN2. The molecule has 0 aliphatic carbocycles. The van der Waals surface area contributed by atoms with E-state index in [9.17, 15) is 0 Å². The average Bonchev–Trinajstić information content (AvgIpc) is 2.57. The summed E-state index contributed by atoms with van der Waals surface area (Å²) in [6, 6.07) is 22.2. The van der Waals surface area contributed by atoms with Gasteiger partial charge in [0.1, 0.15) is 0 Å². The van der Waals surface area contributed by atoms with Gasteiger partial charge in [0, 0.05) is 31.4 Å². The van der Waals surface area contributed by atoms with Crippen LogP contribution in [0.3, 0.4) is 0 Å². The predicted molar refractivity (Wildman–Crippen MR) is 97.7 cm³/mol. The van der Waals surface area contributed by atoms with Crippen LogP contribution >= 0.6 is 22.9 Å². The molecule has 110 valence electrons. The zero-order valence-electron chi connectivity index (χ0n) is 12.2. The van der Waals surface area contributed by atoms with Crippen LogP contribution in [0.2, 0.25) is 0 Å². The van der Waals surface area contributed by atoms with Gasteiger partial charge in [0.2, 0.25) is 0 Å². The zero-order chi connectivity index (χ0) is 14.5. The lowest BCUT2D eigenvalue weighted by atomic mass is 10.0. The van der Waals surface area contributed by atoms with Gasteiger partial charge in [0.15, 0.2) is 0 Å². The van der Waals surface area contributed by atoms with Gasteiger partial charge >= 0.3 is 0 Å². The standard InChI is InChI=1S/C18H21IN2/c19-21(17-9-5-2-6-10-17)18-11-13-20(14-12-18)15-16-7-3-1-4-8-16/h1-10,18H,11-15H2. The van der Waals surface area contributed by atoms with Crippen LogP contribution in [0.25, 0.3) is 0 Å². The Labute approximate surface area is 141 Å². The normalized spacial score (nSPS) is 16.8. The molecule has 21 heavy (non-hydrogen) atoms. The second-order valence-corrected chi connectivity index (χ2v) is 6.68. The lowest BCUT2D eigenvalue weighted by Gasteiger charge is -2.36.